The average Bonchev–Trinajstić information content (AvgIpc) is 2.69. The number of amides is 1. The summed E-state index contributed by atoms with van der Waals surface area (Å²) < 4.78 is 63.9. The number of carbonyl (C=O) groups is 1. The van der Waals surface area contributed by atoms with Crippen molar-refractivity contribution in [2.45, 2.75) is 38.8 Å². The monoisotopic (exact) mass is 469 g/mol. The molecular weight excluding hydrogens is 443 g/mol. The second-order valence-electron chi connectivity index (χ2n) is 8.13. The van der Waals surface area contributed by atoms with Crippen LogP contribution >= 0.6 is 0 Å². The first-order valence-electron chi connectivity index (χ1n) is 9.72. The fourth-order valence-corrected chi connectivity index (χ4v) is 4.08. The Morgan fingerprint density at radius 3 is 2.19 bits per heavy atom. The topological polar surface area (TPSA) is 78.8 Å². The molecule has 32 heavy (non-hydrogen) atoms. The number of sulfonamides is 1. The predicted molar refractivity (Wildman–Crippen MR) is 119 cm³/mol. The van der Waals surface area contributed by atoms with Crippen molar-refractivity contribution >= 4 is 27.3 Å². The lowest BCUT2D eigenvalue weighted by Crippen LogP contribution is -2.39. The van der Waals surface area contributed by atoms with Gasteiger partial charge in [0.05, 0.1) is 17.5 Å². The number of benzene rings is 2. The van der Waals surface area contributed by atoms with Gasteiger partial charge in [-0.15, -0.1) is 0 Å². The van der Waals surface area contributed by atoms with E-state index >= 15 is 0 Å². The van der Waals surface area contributed by atoms with Crippen molar-refractivity contribution < 1.29 is 26.4 Å². The van der Waals surface area contributed by atoms with Gasteiger partial charge < -0.3 is 0 Å². The Kier molecular flexibility index (Phi) is 7.71. The number of hydrogen-bond donors (Lipinski definition) is 1. The Hall–Kier alpha value is -2.88. The fraction of sp³-hybridized carbons (Fsp3) is 0.364. The van der Waals surface area contributed by atoms with Gasteiger partial charge in [-0.2, -0.15) is 18.3 Å². The van der Waals surface area contributed by atoms with Gasteiger partial charge in [0.2, 0.25) is 10.0 Å². The summed E-state index contributed by atoms with van der Waals surface area (Å²) in [6, 6.07) is 13.5. The van der Waals surface area contributed by atoms with E-state index in [0.29, 0.717) is 22.5 Å². The molecule has 1 amide bonds. The molecule has 0 aliphatic rings. The number of alkyl halides is 3. The zero-order valence-corrected chi connectivity index (χ0v) is 19.1. The quantitative estimate of drug-likeness (QED) is 0.462. The molecule has 0 heterocycles. The third-order valence-electron chi connectivity index (χ3n) is 4.77. The lowest BCUT2D eigenvalue weighted by atomic mass is 9.80. The van der Waals surface area contributed by atoms with Crippen LogP contribution in [-0.2, 0) is 26.4 Å². The van der Waals surface area contributed by atoms with Crippen molar-refractivity contribution in [2.24, 2.45) is 5.10 Å². The molecule has 0 spiro atoms. The SMILES string of the molecule is C/C(CC(C)(C)c1ccccc1)=N/NC(=O)CN(c1cccc(C(F)(F)F)c1)S(C)(=O)=O. The van der Waals surface area contributed by atoms with Crippen molar-refractivity contribution in [1.29, 1.82) is 0 Å². The number of hydrazone groups is 1. The standard InChI is InChI=1S/C22H26F3N3O3S/c1-16(14-21(2,3)17-9-6-5-7-10-17)26-27-20(29)15-28(32(4,30)31)19-12-8-11-18(13-19)22(23,24)25/h5-13H,14-15H2,1-4H3,(H,27,29)/b26-16-. The molecule has 2 rings (SSSR count). The Morgan fingerprint density at radius 1 is 1.03 bits per heavy atom. The van der Waals surface area contributed by atoms with E-state index in [2.05, 4.69) is 10.5 Å². The summed E-state index contributed by atoms with van der Waals surface area (Å²) >= 11 is 0. The number of hydrogen-bond acceptors (Lipinski definition) is 4. The van der Waals surface area contributed by atoms with E-state index in [-0.39, 0.29) is 11.1 Å². The molecule has 0 radical (unpaired) electrons. The summed E-state index contributed by atoms with van der Waals surface area (Å²) in [6.07, 6.45) is -3.30. The highest BCUT2D eigenvalue weighted by molar-refractivity contribution is 7.92. The second-order valence-corrected chi connectivity index (χ2v) is 10.0. The van der Waals surface area contributed by atoms with Crippen molar-refractivity contribution in [2.75, 3.05) is 17.1 Å². The highest BCUT2D eigenvalue weighted by atomic mass is 32.2. The van der Waals surface area contributed by atoms with Crippen molar-refractivity contribution in [3.63, 3.8) is 0 Å². The Labute approximate surface area is 186 Å². The highest BCUT2D eigenvalue weighted by Gasteiger charge is 2.32. The average molecular weight is 470 g/mol. The zero-order valence-electron chi connectivity index (χ0n) is 18.3. The van der Waals surface area contributed by atoms with Crippen LogP contribution in [0.3, 0.4) is 0 Å². The molecule has 0 aliphatic carbocycles. The summed E-state index contributed by atoms with van der Waals surface area (Å²) in [5.41, 5.74) is 2.47. The lowest BCUT2D eigenvalue weighted by Gasteiger charge is -2.25. The molecule has 0 aromatic heterocycles. The normalized spacial score (nSPS) is 13.0. The van der Waals surface area contributed by atoms with Crippen LogP contribution in [0.1, 0.15) is 38.3 Å². The van der Waals surface area contributed by atoms with Gasteiger partial charge in [0.1, 0.15) is 6.54 Å². The molecule has 0 saturated carbocycles. The fourth-order valence-electron chi connectivity index (χ4n) is 3.23. The van der Waals surface area contributed by atoms with Crippen LogP contribution in [0.2, 0.25) is 0 Å². The molecule has 0 atom stereocenters. The number of rotatable bonds is 8. The van der Waals surface area contributed by atoms with Gasteiger partial charge in [0, 0.05) is 5.71 Å². The summed E-state index contributed by atoms with van der Waals surface area (Å²) in [7, 11) is -4.02. The van der Waals surface area contributed by atoms with E-state index in [1.54, 1.807) is 6.92 Å². The van der Waals surface area contributed by atoms with Gasteiger partial charge in [-0.1, -0.05) is 50.2 Å². The predicted octanol–water partition coefficient (Wildman–Crippen LogP) is 4.33. The molecule has 1 N–H and O–H groups in total. The van der Waals surface area contributed by atoms with Gasteiger partial charge in [-0.25, -0.2) is 13.8 Å². The second kappa shape index (κ2) is 9.72. The van der Waals surface area contributed by atoms with Crippen molar-refractivity contribution in [3.05, 3.63) is 65.7 Å². The number of halogens is 3. The van der Waals surface area contributed by atoms with E-state index in [1.165, 1.54) is 6.07 Å². The van der Waals surface area contributed by atoms with E-state index in [9.17, 15) is 26.4 Å². The smallest absolute Gasteiger partial charge is 0.271 e. The van der Waals surface area contributed by atoms with Gasteiger partial charge >= 0.3 is 6.18 Å². The van der Waals surface area contributed by atoms with Gasteiger partial charge in [-0.05, 0) is 42.5 Å². The maximum atomic E-state index is 13.0. The van der Waals surface area contributed by atoms with Crippen LogP contribution in [0.15, 0.2) is 59.7 Å². The Bertz CT molecular complexity index is 1080. The first-order valence-corrected chi connectivity index (χ1v) is 11.6. The van der Waals surface area contributed by atoms with Crippen molar-refractivity contribution in [3.8, 4) is 0 Å². The highest BCUT2D eigenvalue weighted by Crippen LogP contribution is 2.32. The maximum absolute atomic E-state index is 13.0. The minimum atomic E-state index is -4.64. The summed E-state index contributed by atoms with van der Waals surface area (Å²) in [5.74, 6) is -0.773. The zero-order chi connectivity index (χ0) is 24.2. The van der Waals surface area contributed by atoms with Gasteiger partial charge in [0.25, 0.3) is 5.91 Å². The molecule has 2 aromatic rings. The maximum Gasteiger partial charge on any atom is 0.416 e. The molecular formula is C22H26F3N3O3S. The van der Waals surface area contributed by atoms with E-state index < -0.39 is 34.2 Å². The molecule has 0 bridgehead atoms. The minimum Gasteiger partial charge on any atom is -0.271 e. The number of nitrogens with one attached hydrogen (secondary N) is 1. The molecule has 0 unspecified atom stereocenters. The van der Waals surface area contributed by atoms with Crippen LogP contribution in [0.25, 0.3) is 0 Å². The summed E-state index contributed by atoms with van der Waals surface area (Å²) in [6.45, 7) is 5.08. The van der Waals surface area contributed by atoms with Crippen LogP contribution in [0.5, 0.6) is 0 Å². The Balaban J connectivity index is 2.13. The van der Waals surface area contributed by atoms with E-state index in [4.69, 9.17) is 0 Å². The minimum absolute atomic E-state index is 0.254. The van der Waals surface area contributed by atoms with Crippen LogP contribution in [0.4, 0.5) is 18.9 Å². The molecule has 0 aliphatic heterocycles. The van der Waals surface area contributed by atoms with Gasteiger partial charge in [-0.3, -0.25) is 9.10 Å². The van der Waals surface area contributed by atoms with Gasteiger partial charge in [0.15, 0.2) is 0 Å². The third-order valence-corrected chi connectivity index (χ3v) is 5.91. The van der Waals surface area contributed by atoms with E-state index in [1.807, 2.05) is 44.2 Å². The number of anilines is 1. The first kappa shape index (κ1) is 25.4. The first-order chi connectivity index (χ1) is 14.7. The van der Waals surface area contributed by atoms with Crippen molar-refractivity contribution in [1.82, 2.24) is 5.43 Å². The molecule has 174 valence electrons. The van der Waals surface area contributed by atoms with Crippen LogP contribution < -0.4 is 9.73 Å². The molecule has 6 nitrogen and oxygen atoms in total. The largest absolute Gasteiger partial charge is 0.416 e. The summed E-state index contributed by atoms with van der Waals surface area (Å²) in [5, 5.41) is 4.04. The molecule has 0 saturated heterocycles. The third kappa shape index (κ3) is 7.08. The lowest BCUT2D eigenvalue weighted by molar-refractivity contribution is -0.137. The molecule has 10 heteroatoms. The molecule has 0 fully saturated rings. The van der Waals surface area contributed by atoms with E-state index in [0.717, 1.165) is 24.0 Å². The number of carbonyl (C=O) groups excluding carboxylic acids is 1. The Morgan fingerprint density at radius 2 is 1.62 bits per heavy atom. The molecule has 2 aromatic carbocycles. The van der Waals surface area contributed by atoms with Crippen LogP contribution in [-0.4, -0.2) is 32.8 Å². The van der Waals surface area contributed by atoms with Crippen LogP contribution in [0, 0.1) is 0 Å². The summed E-state index contributed by atoms with van der Waals surface area (Å²) in [4.78, 5) is 12.3. The number of nitrogens with zero attached hydrogens (tertiary/aromatic N) is 2.